The number of fused-ring (bicyclic) bond motifs is 1. The Labute approximate surface area is 318 Å². The third-order valence-corrected chi connectivity index (χ3v) is 5.95. The van der Waals surface area contributed by atoms with Gasteiger partial charge in [0, 0.05) is 36.5 Å². The molecule has 0 fully saturated rings. The maximum absolute atomic E-state index is 10.6. The first kappa shape index (κ1) is 56.7. The van der Waals surface area contributed by atoms with Crippen molar-refractivity contribution >= 4 is 58.6 Å². The molecule has 56 heavy (non-hydrogen) atoms. The zero-order chi connectivity index (χ0) is 44.6. The first-order chi connectivity index (χ1) is 25.9. The lowest BCUT2D eigenvalue weighted by Gasteiger charge is -2.06. The summed E-state index contributed by atoms with van der Waals surface area (Å²) in [4.78, 5) is 72.3. The van der Waals surface area contributed by atoms with Gasteiger partial charge in [0.05, 0.1) is 19.8 Å². The lowest BCUT2D eigenvalue weighted by Crippen LogP contribution is -2.34. The van der Waals surface area contributed by atoms with Crippen LogP contribution in [0, 0.1) is 5.41 Å². The van der Waals surface area contributed by atoms with E-state index in [0.717, 1.165) is 16.5 Å². The highest BCUT2D eigenvalue weighted by Gasteiger charge is 2.15. The van der Waals surface area contributed by atoms with Crippen LogP contribution in [0.15, 0.2) is 30.5 Å². The molecule has 0 aliphatic rings. The van der Waals surface area contributed by atoms with Crippen LogP contribution < -0.4 is 45.5 Å². The maximum Gasteiger partial charge on any atom is 0.322 e. The molecule has 2 aromatic rings. The molecular weight excluding hydrogens is 756 g/mol. The molecule has 320 valence electrons. The Kier molecular flexibility index (Phi) is 34.0. The van der Waals surface area contributed by atoms with Crippen LogP contribution in [0.25, 0.3) is 10.9 Å². The van der Waals surface area contributed by atoms with Crippen LogP contribution in [0.2, 0.25) is 0 Å². The molecule has 0 spiro atoms. The quantitative estimate of drug-likeness (QED) is 0.0403. The number of hydrogen-bond acceptors (Lipinski definition) is 16. The molecule has 5 unspecified atom stereocenters. The van der Waals surface area contributed by atoms with Crippen LogP contribution in [0.5, 0.6) is 0 Å². The Hall–Kier alpha value is -6.00. The standard InChI is InChI=1S/C11H12N2O2.C6H14N4O2.C5H9NO4.2C3H7NO3.C2H5NO2/c12-9(11(14)15)5-7-6-13-10-4-2-1-3-8(7)10;7-4(5(11)12)2-1-3-10-6(8)9;6-3(5(9)10)1-2-4(7)8;2*4-2(1-5)3(6)7;3-1-2(4)5/h1-4,6,9,13H,5,12H2,(H,14,15);4H,1-3,7H2,(H,11,12)(H4,8,9,10);3H,1-2,6H2,(H,7,8)(H,9,10);2*2,5H,1,4H2,(H,6,7);1,3H2,(H,4,5). The number of guanidine groups is 1. The lowest BCUT2D eigenvalue weighted by molar-refractivity contribution is -0.141. The SMILES string of the molecule is N=C(N)NCCCC(N)C(=O)O.NC(CCC(=O)O)C(=O)O.NC(CO)C(=O)O.NC(CO)C(=O)O.NC(Cc1c[nH]c2ccccc12)C(=O)O.NCC(=O)O. The van der Waals surface area contributed by atoms with E-state index < -0.39 is 85.2 Å². The third kappa shape index (κ3) is 33.8. The van der Waals surface area contributed by atoms with Crippen LogP contribution in [0.3, 0.4) is 0 Å². The second-order valence-corrected chi connectivity index (χ2v) is 10.7. The Morgan fingerprint density at radius 1 is 0.661 bits per heavy atom. The average molecular weight is 811 g/mol. The minimum atomic E-state index is -1.18. The summed E-state index contributed by atoms with van der Waals surface area (Å²) in [6.07, 6.45) is 2.91. The van der Waals surface area contributed by atoms with Gasteiger partial charge in [-0.15, -0.1) is 0 Å². The molecule has 0 bridgehead atoms. The van der Waals surface area contributed by atoms with E-state index in [1.807, 2.05) is 30.5 Å². The molecule has 26 nitrogen and oxygen atoms in total. The molecule has 0 amide bonds. The summed E-state index contributed by atoms with van der Waals surface area (Å²) in [6.45, 7) is -0.805. The number of hydrogen-bond donors (Lipinski definition) is 19. The van der Waals surface area contributed by atoms with Gasteiger partial charge in [-0.05, 0) is 30.9 Å². The van der Waals surface area contributed by atoms with Crippen LogP contribution in [-0.4, -0.2) is 155 Å². The Morgan fingerprint density at radius 3 is 1.41 bits per heavy atom. The number of carboxylic acids is 7. The number of aromatic amines is 1. The molecule has 26 heteroatoms. The second-order valence-electron chi connectivity index (χ2n) is 10.7. The highest BCUT2D eigenvalue weighted by molar-refractivity contribution is 5.84. The van der Waals surface area contributed by atoms with E-state index in [1.165, 1.54) is 0 Å². The zero-order valence-electron chi connectivity index (χ0n) is 30.1. The molecule has 0 aliphatic carbocycles. The number of rotatable bonds is 17. The topological polar surface area (TPSA) is 535 Å². The fourth-order valence-corrected chi connectivity index (χ4v) is 2.85. The predicted molar refractivity (Wildman–Crippen MR) is 197 cm³/mol. The van der Waals surface area contributed by atoms with Gasteiger partial charge in [0.2, 0.25) is 0 Å². The summed E-state index contributed by atoms with van der Waals surface area (Å²) >= 11 is 0. The van der Waals surface area contributed by atoms with Gasteiger partial charge < -0.3 is 96.4 Å². The number of aliphatic carboxylic acids is 7. The van der Waals surface area contributed by atoms with Gasteiger partial charge in [-0.3, -0.25) is 39.0 Å². The van der Waals surface area contributed by atoms with Crippen molar-refractivity contribution in [1.82, 2.24) is 10.3 Å². The van der Waals surface area contributed by atoms with E-state index in [-0.39, 0.29) is 25.3 Å². The van der Waals surface area contributed by atoms with Crippen molar-refractivity contribution < 1.29 is 79.5 Å². The number of aliphatic hydroxyl groups excluding tert-OH is 2. The van der Waals surface area contributed by atoms with Gasteiger partial charge in [-0.25, -0.2) is 0 Å². The summed E-state index contributed by atoms with van der Waals surface area (Å²) < 4.78 is 0. The number of aliphatic hydroxyl groups is 2. The van der Waals surface area contributed by atoms with Crippen molar-refractivity contribution in [1.29, 1.82) is 5.41 Å². The van der Waals surface area contributed by atoms with Crippen LogP contribution in [0.1, 0.15) is 31.2 Å². The molecule has 0 saturated carbocycles. The van der Waals surface area contributed by atoms with Gasteiger partial charge >= 0.3 is 41.8 Å². The first-order valence-electron chi connectivity index (χ1n) is 15.8. The number of nitrogens with two attached hydrogens (primary N) is 7. The van der Waals surface area contributed by atoms with E-state index in [1.54, 1.807) is 0 Å². The number of nitrogens with one attached hydrogen (secondary N) is 3. The fraction of sp³-hybridized carbons (Fsp3) is 0.467. The molecule has 2 rings (SSSR count). The number of benzene rings is 1. The number of carboxylic acid groups (broad SMARTS) is 7. The maximum atomic E-state index is 10.6. The number of para-hydroxylation sites is 1. The molecule has 5 atom stereocenters. The van der Waals surface area contributed by atoms with Crippen molar-refractivity contribution in [2.45, 2.75) is 62.3 Å². The molecular formula is C30H54N10O16. The molecule has 26 N–H and O–H groups in total. The second kappa shape index (κ2) is 33.6. The van der Waals surface area contributed by atoms with Gasteiger partial charge in [-0.2, -0.15) is 0 Å². The number of aromatic nitrogens is 1. The smallest absolute Gasteiger partial charge is 0.322 e. The molecule has 1 aromatic carbocycles. The van der Waals surface area contributed by atoms with Crippen LogP contribution >= 0.6 is 0 Å². The van der Waals surface area contributed by atoms with Crippen molar-refractivity contribution in [3.63, 3.8) is 0 Å². The predicted octanol–water partition coefficient (Wildman–Crippen LogP) is -5.14. The molecule has 1 heterocycles. The average Bonchev–Trinajstić information content (AvgIpc) is 3.54. The summed E-state index contributed by atoms with van der Waals surface area (Å²) in [5, 5.41) is 83.1. The highest BCUT2D eigenvalue weighted by Crippen LogP contribution is 2.18. The van der Waals surface area contributed by atoms with Crippen LogP contribution in [-0.2, 0) is 40.0 Å². The minimum Gasteiger partial charge on any atom is -0.481 e. The van der Waals surface area contributed by atoms with Crippen molar-refractivity contribution in [3.05, 3.63) is 36.0 Å². The monoisotopic (exact) mass is 810 g/mol. The Balaban J connectivity index is -0.000000301. The van der Waals surface area contributed by atoms with Gasteiger partial charge in [0.1, 0.15) is 30.2 Å². The highest BCUT2D eigenvalue weighted by atomic mass is 16.4. The lowest BCUT2D eigenvalue weighted by atomic mass is 10.1. The van der Waals surface area contributed by atoms with Crippen LogP contribution in [0.4, 0.5) is 0 Å². The summed E-state index contributed by atoms with van der Waals surface area (Å²) in [5.74, 6) is -7.61. The van der Waals surface area contributed by atoms with Gasteiger partial charge in [0.15, 0.2) is 5.96 Å². The van der Waals surface area contributed by atoms with E-state index in [9.17, 15) is 33.6 Å². The Bertz CT molecular complexity index is 1470. The van der Waals surface area contributed by atoms with Crippen molar-refractivity contribution in [2.24, 2.45) is 40.1 Å². The summed E-state index contributed by atoms with van der Waals surface area (Å²) in [7, 11) is 0. The van der Waals surface area contributed by atoms with E-state index in [0.29, 0.717) is 25.8 Å². The molecule has 0 saturated heterocycles. The fourth-order valence-electron chi connectivity index (χ4n) is 2.85. The Morgan fingerprint density at radius 2 is 1.07 bits per heavy atom. The number of carbonyl (C=O) groups is 7. The van der Waals surface area contributed by atoms with Gasteiger partial charge in [-0.1, -0.05) is 18.2 Å². The normalized spacial score (nSPS) is 12.3. The van der Waals surface area contributed by atoms with E-state index >= 15 is 0 Å². The van der Waals surface area contributed by atoms with E-state index in [2.05, 4.69) is 16.0 Å². The zero-order valence-corrected chi connectivity index (χ0v) is 30.1. The van der Waals surface area contributed by atoms with Gasteiger partial charge in [0.25, 0.3) is 0 Å². The largest absolute Gasteiger partial charge is 0.481 e. The van der Waals surface area contributed by atoms with Crippen molar-refractivity contribution in [2.75, 3.05) is 26.3 Å². The first-order valence-corrected chi connectivity index (χ1v) is 15.8. The molecule has 1 aromatic heterocycles. The third-order valence-electron chi connectivity index (χ3n) is 5.95. The summed E-state index contributed by atoms with van der Waals surface area (Å²) in [6, 6.07) is 2.78. The van der Waals surface area contributed by atoms with Crippen molar-refractivity contribution in [3.8, 4) is 0 Å². The molecule has 0 aliphatic heterocycles. The number of H-pyrrole nitrogens is 1. The summed E-state index contributed by atoms with van der Waals surface area (Å²) in [5.41, 5.74) is 36.8. The van der Waals surface area contributed by atoms with E-state index in [4.69, 9.17) is 85.8 Å². The minimum absolute atomic E-state index is 0.0231. The molecule has 0 radical (unpaired) electrons.